The van der Waals surface area contributed by atoms with Crippen molar-refractivity contribution in [2.24, 2.45) is 5.41 Å². The topological polar surface area (TPSA) is 247 Å². The number of aliphatic carboxylic acids is 1. The number of hydrogen-bond donors (Lipinski definition) is 4. The average molecular weight is 1070 g/mol. The predicted octanol–water partition coefficient (Wildman–Crippen LogP) is 7.72. The Morgan fingerprint density at radius 1 is 0.810 bits per heavy atom. The van der Waals surface area contributed by atoms with E-state index < -0.39 is 83.1 Å². The van der Waals surface area contributed by atoms with Gasteiger partial charge < -0.3 is 40.2 Å². The van der Waals surface area contributed by atoms with Gasteiger partial charge >= 0.3 is 18.2 Å². The van der Waals surface area contributed by atoms with Gasteiger partial charge in [0.1, 0.15) is 60.5 Å². The number of carbonyl (C=O) groups is 6. The van der Waals surface area contributed by atoms with Gasteiger partial charge in [0.2, 0.25) is 17.7 Å². The second kappa shape index (κ2) is 23.8. The Morgan fingerprint density at radius 2 is 1.44 bits per heavy atom. The first-order chi connectivity index (χ1) is 37.6. The molecular weight excluding hydrogens is 1010 g/mol. The molecule has 8 rings (SSSR count). The van der Waals surface area contributed by atoms with Crippen LogP contribution >= 0.6 is 0 Å². The van der Waals surface area contributed by atoms with E-state index in [9.17, 15) is 39.1 Å². The van der Waals surface area contributed by atoms with Crippen LogP contribution in [0.15, 0.2) is 121 Å². The minimum Gasteiger partial charge on any atom is -0.487 e. The van der Waals surface area contributed by atoms with Gasteiger partial charge in [-0.2, -0.15) is 5.26 Å². The van der Waals surface area contributed by atoms with E-state index in [1.165, 1.54) is 23.6 Å². The summed E-state index contributed by atoms with van der Waals surface area (Å²) in [5.41, 5.74) is 4.54. The van der Waals surface area contributed by atoms with Crippen LogP contribution in [0.5, 0.6) is 5.75 Å². The predicted molar refractivity (Wildman–Crippen MR) is 293 cm³/mol. The van der Waals surface area contributed by atoms with Crippen molar-refractivity contribution >= 4 is 46.6 Å². The fraction of sp³-hybridized carbons (Fsp3) is 0.383. The highest BCUT2D eigenvalue weighted by Gasteiger charge is 2.47. The van der Waals surface area contributed by atoms with E-state index in [1.54, 1.807) is 72.0 Å². The summed E-state index contributed by atoms with van der Waals surface area (Å²) < 4.78 is 18.7. The van der Waals surface area contributed by atoms with Crippen molar-refractivity contribution in [2.45, 2.75) is 122 Å². The van der Waals surface area contributed by atoms with E-state index in [0.717, 1.165) is 43.5 Å². The van der Waals surface area contributed by atoms with Crippen molar-refractivity contribution < 1.29 is 48.1 Å². The van der Waals surface area contributed by atoms with E-state index in [4.69, 9.17) is 14.2 Å². The van der Waals surface area contributed by atoms with Crippen molar-refractivity contribution in [3.8, 4) is 22.9 Å². The van der Waals surface area contributed by atoms with Crippen LogP contribution < -0.4 is 20.7 Å². The molecule has 4 N–H and O–H groups in total. The number of carboxylic acid groups (broad SMARTS) is 1. The van der Waals surface area contributed by atoms with Gasteiger partial charge in [-0.05, 0) is 89.4 Å². The first-order valence-electron chi connectivity index (χ1n) is 26.3. The van der Waals surface area contributed by atoms with Gasteiger partial charge in [0, 0.05) is 38.8 Å². The van der Waals surface area contributed by atoms with E-state index >= 15 is 0 Å². The van der Waals surface area contributed by atoms with Crippen molar-refractivity contribution in [3.05, 3.63) is 149 Å². The van der Waals surface area contributed by atoms with E-state index in [1.807, 2.05) is 78.9 Å². The van der Waals surface area contributed by atoms with Gasteiger partial charge in [0.15, 0.2) is 0 Å². The monoisotopic (exact) mass is 1070 g/mol. The van der Waals surface area contributed by atoms with E-state index in [-0.39, 0.29) is 44.9 Å². The van der Waals surface area contributed by atoms with Crippen LogP contribution in [-0.4, -0.2) is 122 Å². The lowest BCUT2D eigenvalue weighted by Crippen LogP contribution is -2.60. The minimum absolute atomic E-state index is 0.00803. The van der Waals surface area contributed by atoms with Gasteiger partial charge in [0.05, 0.1) is 18.3 Å². The number of ether oxygens (including phenoxy) is 3. The zero-order valence-electron chi connectivity index (χ0n) is 45.6. The van der Waals surface area contributed by atoms with Crippen molar-refractivity contribution in [3.63, 3.8) is 0 Å². The van der Waals surface area contributed by atoms with Crippen molar-refractivity contribution in [2.75, 3.05) is 20.2 Å². The molecule has 0 spiro atoms. The number of carboxylic acids is 1. The Hall–Kier alpha value is -8.79. The number of nitrogens with one attached hydrogen (secondary N) is 3. The maximum atomic E-state index is 14.9. The number of likely N-dealkylation sites (tertiary alicyclic amines) is 1. The molecule has 5 aromatic carbocycles. The van der Waals surface area contributed by atoms with E-state index in [0.29, 0.717) is 17.0 Å². The smallest absolute Gasteiger partial charge is 0.410 e. The first-order valence-corrected chi connectivity index (χ1v) is 26.3. The van der Waals surface area contributed by atoms with Gasteiger partial charge in [-0.25, -0.2) is 19.1 Å². The zero-order valence-corrected chi connectivity index (χ0v) is 45.6. The number of nitriles is 1. The van der Waals surface area contributed by atoms with Gasteiger partial charge in [0.25, 0.3) is 0 Å². The fourth-order valence-electron chi connectivity index (χ4n) is 9.90. The Morgan fingerprint density at radius 3 is 2.08 bits per heavy atom. The molecule has 1 aliphatic heterocycles. The molecule has 1 aromatic heterocycles. The third-order valence-electron chi connectivity index (χ3n) is 14.2. The molecule has 4 unspecified atom stereocenters. The average Bonchev–Trinajstić information content (AvgIpc) is 4.27. The molecule has 1 saturated heterocycles. The molecule has 19 nitrogen and oxygen atoms in total. The van der Waals surface area contributed by atoms with E-state index in [2.05, 4.69) is 44.5 Å². The van der Waals surface area contributed by atoms with Crippen molar-refractivity contribution in [1.29, 1.82) is 5.26 Å². The highest BCUT2D eigenvalue weighted by atomic mass is 16.6. The lowest BCUT2D eigenvalue weighted by atomic mass is 9.85. The van der Waals surface area contributed by atoms with Crippen LogP contribution in [0.2, 0.25) is 0 Å². The van der Waals surface area contributed by atoms with Gasteiger partial charge in [-0.3, -0.25) is 19.3 Å². The highest BCUT2D eigenvalue weighted by Crippen LogP contribution is 2.44. The maximum Gasteiger partial charge on any atom is 0.410 e. The molecule has 5 amide bonds. The number of fused-ring (bicyclic) bond motifs is 4. The van der Waals surface area contributed by atoms with Gasteiger partial charge in [-0.15, -0.1) is 5.10 Å². The minimum atomic E-state index is -1.35. The van der Waals surface area contributed by atoms with Crippen LogP contribution in [0.3, 0.4) is 0 Å². The van der Waals surface area contributed by atoms with Crippen LogP contribution in [-0.2, 0) is 48.1 Å². The summed E-state index contributed by atoms with van der Waals surface area (Å²) in [4.78, 5) is 84.4. The molecule has 1 aliphatic carbocycles. The molecule has 6 atom stereocenters. The molecule has 0 radical (unpaired) electrons. The molecular formula is C60H67N9O10. The second-order valence-electron chi connectivity index (χ2n) is 22.2. The van der Waals surface area contributed by atoms with Crippen LogP contribution in [0.25, 0.3) is 21.9 Å². The SMILES string of the molecule is CC(C(=O)NC(C(=O)N1C[C@@H](n2cc(COc3ccc(CC(C#N)NC(=O)OCC4c5ccccc5-c5ccccc54)cc3)nn2)C[C@H]1C(=O)NC(Cc1ccc2ccccc2c1)C(=O)O)C(C)(C)C)N(C)C(=O)OC(C)(C)C. The number of nitrogens with zero attached hydrogens (tertiary/aromatic N) is 6. The summed E-state index contributed by atoms with van der Waals surface area (Å²) >= 11 is 0. The third-order valence-corrected chi connectivity index (χ3v) is 14.2. The largest absolute Gasteiger partial charge is 0.487 e. The Labute approximate surface area is 459 Å². The summed E-state index contributed by atoms with van der Waals surface area (Å²) in [5, 5.41) is 39.1. The summed E-state index contributed by atoms with van der Waals surface area (Å²) in [6.45, 7) is 12.0. The molecule has 412 valence electrons. The fourth-order valence-corrected chi connectivity index (χ4v) is 9.90. The number of aromatic nitrogens is 3. The number of alkyl carbamates (subject to hydrolysis) is 1. The van der Waals surface area contributed by atoms with Crippen LogP contribution in [0.4, 0.5) is 9.59 Å². The number of rotatable bonds is 18. The molecule has 79 heavy (non-hydrogen) atoms. The molecule has 0 bridgehead atoms. The lowest BCUT2D eigenvalue weighted by Gasteiger charge is -2.37. The number of hydrogen-bond acceptors (Lipinski definition) is 12. The molecule has 1 fully saturated rings. The van der Waals surface area contributed by atoms with Crippen LogP contribution in [0, 0.1) is 16.7 Å². The zero-order chi connectivity index (χ0) is 56.8. The molecule has 6 aromatic rings. The third kappa shape index (κ3) is 13.7. The highest BCUT2D eigenvalue weighted by molar-refractivity contribution is 5.96. The second-order valence-corrected chi connectivity index (χ2v) is 22.2. The standard InChI is InChI=1S/C60H67N9O10/c1-36(67(8)58(76)79-60(5,6)7)53(70)64-52(59(2,3)4)55(72)68-33-43(30-51(68)54(71)63-50(56(73)74)29-38-21-24-39-15-9-10-16-40(39)27-38)69-32-42(65-66-69)34-77-44-25-22-37(23-26-44)28-41(31-61)62-57(75)78-35-49-47-19-13-11-17-45(47)46-18-12-14-20-48(46)49/h9-27,32,36,41,43,49-52H,28-30,33-35H2,1-8H3,(H,62,75)(H,63,71)(H,64,70)(H,73,74)/t36?,41?,43-,50?,51-,52?/m0/s1. The summed E-state index contributed by atoms with van der Waals surface area (Å²) in [6, 6.07) is 32.2. The molecule has 0 saturated carbocycles. The summed E-state index contributed by atoms with van der Waals surface area (Å²) in [6.07, 6.45) is 0.426. The first kappa shape index (κ1) is 56.4. The molecule has 19 heteroatoms. The quantitative estimate of drug-likeness (QED) is 0.0645. The Bertz CT molecular complexity index is 3220. The van der Waals surface area contributed by atoms with Crippen LogP contribution in [0.1, 0.15) is 94.8 Å². The maximum absolute atomic E-state index is 14.9. The lowest BCUT2D eigenvalue weighted by molar-refractivity contribution is -0.146. The normalized spacial score (nSPS) is 16.5. The summed E-state index contributed by atoms with van der Waals surface area (Å²) in [7, 11) is 1.42. The molecule has 2 aliphatic rings. The summed E-state index contributed by atoms with van der Waals surface area (Å²) in [5.74, 6) is -2.83. The number of likely N-dealkylation sites (N-methyl/N-ethyl adjacent to an activating group) is 1. The molecule has 2 heterocycles. The Kier molecular flexibility index (Phi) is 17.0. The number of carbonyl (C=O) groups excluding carboxylic acids is 5. The van der Waals surface area contributed by atoms with Gasteiger partial charge in [-0.1, -0.05) is 129 Å². The Balaban J connectivity index is 0.919. The number of amides is 5. The number of benzene rings is 5. The van der Waals surface area contributed by atoms with Crippen molar-refractivity contribution in [1.82, 2.24) is 40.7 Å².